The number of hydrogen-bond acceptors (Lipinski definition) is 12. The molecule has 0 aliphatic carbocycles. The summed E-state index contributed by atoms with van der Waals surface area (Å²) in [5.74, 6) is -0.812. The third-order valence-corrected chi connectivity index (χ3v) is 8.51. The van der Waals surface area contributed by atoms with Gasteiger partial charge in [-0.3, -0.25) is 4.79 Å². The summed E-state index contributed by atoms with van der Waals surface area (Å²) in [5, 5.41) is 17.7. The van der Waals surface area contributed by atoms with Crippen molar-refractivity contribution in [3.05, 3.63) is 119 Å². The number of rotatable bonds is 12. The van der Waals surface area contributed by atoms with Crippen LogP contribution in [0.1, 0.15) is 47.2 Å². The molecular weight excluding hydrogens is 904 g/mol. The number of benzene rings is 2. The van der Waals surface area contributed by atoms with Crippen molar-refractivity contribution in [2.24, 2.45) is 11.7 Å². The number of ether oxygens (including phenoxy) is 3. The third-order valence-electron chi connectivity index (χ3n) is 8.40. The van der Waals surface area contributed by atoms with E-state index < -0.39 is 40.8 Å². The van der Waals surface area contributed by atoms with E-state index in [0.29, 0.717) is 46.5 Å². The van der Waals surface area contributed by atoms with Crippen LogP contribution >= 0.6 is 11.6 Å². The second-order valence-electron chi connectivity index (χ2n) is 14.1. The van der Waals surface area contributed by atoms with Crippen molar-refractivity contribution in [2.75, 3.05) is 20.8 Å². The summed E-state index contributed by atoms with van der Waals surface area (Å²) >= 11 is 4.86. The number of aromatic nitrogens is 8. The standard InChI is InChI=1S/C19H16F3N5O2.C19H15F3N4O3.C5H9ClO2/c1-11-5-13(7-14(6-11)19(20,21)22)18-25-10-27(26-18)9-15(17(23)28)12-3-4-16(29-2)24-8-12;1-11-5-13(7-14(6-11)19(20,21)22)17-24-10-26(25-17)9-15(18(27)28)12-3-4-16(29-2)23-8-12;1-4(2)3-8-5(6)7/h3-10H,1-2H3,(H2,23,28);3-10H,1-2H3,(H,27,28);4H,3H2,1-2H3/b2*15-9+;. The highest BCUT2D eigenvalue weighted by Crippen LogP contribution is 2.34. The molecule has 23 heteroatoms. The van der Waals surface area contributed by atoms with Crippen molar-refractivity contribution in [3.63, 3.8) is 0 Å². The highest BCUT2D eigenvalue weighted by atomic mass is 35.5. The topological polar surface area (TPSA) is 212 Å². The normalized spacial score (nSPS) is 11.8. The van der Waals surface area contributed by atoms with E-state index in [1.54, 1.807) is 25.1 Å². The molecule has 0 atom stereocenters. The van der Waals surface area contributed by atoms with Gasteiger partial charge >= 0.3 is 23.8 Å². The monoisotopic (exact) mass is 943 g/mol. The van der Waals surface area contributed by atoms with E-state index in [2.05, 4.69) is 34.9 Å². The summed E-state index contributed by atoms with van der Waals surface area (Å²) in [7, 11) is 2.89. The Bertz CT molecular complexity index is 2530. The van der Waals surface area contributed by atoms with Gasteiger partial charge in [-0.05, 0) is 79.4 Å². The molecule has 348 valence electrons. The number of aryl methyl sites for hydroxylation is 2. The number of carbonyl (C=O) groups excluding carboxylic acids is 2. The number of halogens is 7. The summed E-state index contributed by atoms with van der Waals surface area (Å²) in [4.78, 5) is 49.4. The molecule has 3 N–H and O–H groups in total. The Balaban J connectivity index is 0.000000248. The molecule has 0 saturated heterocycles. The van der Waals surface area contributed by atoms with Gasteiger partial charge < -0.3 is 25.1 Å². The SMILES string of the molecule is CC(C)COC(=O)Cl.COc1ccc(/C(=C\n2cnc(-c3cc(C)cc(C(F)(F)F)c3)n2)C(=O)O)cn1.COc1ccc(/C(=C\n2cnc(-c3cc(C)cc(C(F)(F)F)c3)n2)C(N)=O)cn1. The van der Waals surface area contributed by atoms with Crippen LogP contribution in [0.5, 0.6) is 11.8 Å². The molecule has 0 fully saturated rings. The maximum atomic E-state index is 13.0. The lowest BCUT2D eigenvalue weighted by Crippen LogP contribution is -2.14. The highest BCUT2D eigenvalue weighted by Gasteiger charge is 2.32. The van der Waals surface area contributed by atoms with Crippen LogP contribution in [0.4, 0.5) is 31.1 Å². The number of hydrogen-bond donors (Lipinski definition) is 2. The number of carboxylic acids is 1. The molecule has 2 aromatic carbocycles. The first-order valence-corrected chi connectivity index (χ1v) is 19.4. The summed E-state index contributed by atoms with van der Waals surface area (Å²) < 4.78 is 94.9. The van der Waals surface area contributed by atoms with Crippen molar-refractivity contribution in [2.45, 2.75) is 40.0 Å². The first-order valence-electron chi connectivity index (χ1n) is 19.0. The number of nitrogens with two attached hydrogens (primary N) is 1. The summed E-state index contributed by atoms with van der Waals surface area (Å²) in [5.41, 5.74) is 5.00. The van der Waals surface area contributed by atoms with Crippen molar-refractivity contribution in [1.82, 2.24) is 39.5 Å². The molecule has 0 radical (unpaired) electrons. The molecule has 4 aromatic heterocycles. The van der Waals surface area contributed by atoms with E-state index in [1.807, 2.05) is 13.8 Å². The zero-order valence-electron chi connectivity index (χ0n) is 35.7. The molecule has 6 rings (SSSR count). The lowest BCUT2D eigenvalue weighted by Gasteiger charge is -2.09. The number of methoxy groups -OCH3 is 2. The molecule has 4 heterocycles. The molecule has 0 unspecified atom stereocenters. The van der Waals surface area contributed by atoms with Gasteiger partial charge in [0.1, 0.15) is 12.7 Å². The average Bonchev–Trinajstić information content (AvgIpc) is 3.94. The second kappa shape index (κ2) is 22.3. The Kier molecular flexibility index (Phi) is 17.3. The fourth-order valence-electron chi connectivity index (χ4n) is 5.44. The van der Waals surface area contributed by atoms with Gasteiger partial charge in [0.25, 0.3) is 5.91 Å². The van der Waals surface area contributed by atoms with Crippen molar-refractivity contribution in [1.29, 1.82) is 0 Å². The lowest BCUT2D eigenvalue weighted by atomic mass is 10.1. The number of nitrogens with zero attached hydrogens (tertiary/aromatic N) is 8. The predicted octanol–water partition coefficient (Wildman–Crippen LogP) is 8.94. The number of carboxylic acid groups (broad SMARTS) is 1. The number of alkyl halides is 6. The Hall–Kier alpha value is -7.62. The summed E-state index contributed by atoms with van der Waals surface area (Å²) in [6.45, 7) is 7.38. The molecule has 0 aliphatic heterocycles. The molecule has 0 spiro atoms. The first kappa shape index (κ1) is 51.0. The Morgan fingerprint density at radius 2 is 1.14 bits per heavy atom. The fraction of sp³-hybridized carbons (Fsp3) is 0.233. The van der Waals surface area contributed by atoms with Crippen molar-refractivity contribution < 1.29 is 60.0 Å². The average molecular weight is 944 g/mol. The molecule has 66 heavy (non-hydrogen) atoms. The smallest absolute Gasteiger partial charge is 0.416 e. The van der Waals surface area contributed by atoms with E-state index >= 15 is 0 Å². The van der Waals surface area contributed by atoms with Crippen molar-refractivity contribution in [3.8, 4) is 34.5 Å². The predicted molar refractivity (Wildman–Crippen MR) is 229 cm³/mol. The van der Waals surface area contributed by atoms with Crippen LogP contribution in [0.2, 0.25) is 0 Å². The Morgan fingerprint density at radius 1 is 0.712 bits per heavy atom. The minimum atomic E-state index is -4.50. The molecule has 0 saturated carbocycles. The maximum Gasteiger partial charge on any atom is 0.416 e. The van der Waals surface area contributed by atoms with E-state index in [0.717, 1.165) is 28.9 Å². The molecule has 16 nitrogen and oxygen atoms in total. The van der Waals surface area contributed by atoms with Crippen LogP contribution in [0.25, 0.3) is 46.3 Å². The third kappa shape index (κ3) is 15.0. The van der Waals surface area contributed by atoms with Crippen LogP contribution in [0.3, 0.4) is 0 Å². The van der Waals surface area contributed by atoms with Gasteiger partial charge in [-0.15, -0.1) is 10.2 Å². The Labute approximate surface area is 377 Å². The molecule has 1 amide bonds. The van der Waals surface area contributed by atoms with E-state index in [-0.39, 0.29) is 33.9 Å². The van der Waals surface area contributed by atoms with Gasteiger partial charge in [0.05, 0.1) is 43.1 Å². The fourth-order valence-corrected chi connectivity index (χ4v) is 5.50. The van der Waals surface area contributed by atoms with Gasteiger partial charge in [-0.25, -0.2) is 38.9 Å². The minimum Gasteiger partial charge on any atom is -0.481 e. The van der Waals surface area contributed by atoms with Gasteiger partial charge in [-0.1, -0.05) is 13.8 Å². The van der Waals surface area contributed by atoms with Gasteiger partial charge in [-0.2, -0.15) is 26.3 Å². The molecule has 6 aromatic rings. The van der Waals surface area contributed by atoms with Crippen LogP contribution in [0, 0.1) is 19.8 Å². The molecular formula is C43H40ClF6N9O7. The number of carbonyl (C=O) groups is 3. The lowest BCUT2D eigenvalue weighted by molar-refractivity contribution is -0.138. The van der Waals surface area contributed by atoms with Gasteiger partial charge in [0, 0.05) is 70.8 Å². The zero-order chi connectivity index (χ0) is 48.9. The zero-order valence-corrected chi connectivity index (χ0v) is 36.5. The molecule has 0 aliphatic rings. The Morgan fingerprint density at radius 3 is 1.45 bits per heavy atom. The van der Waals surface area contributed by atoms with Crippen LogP contribution in [0.15, 0.2) is 85.7 Å². The van der Waals surface area contributed by atoms with Crippen molar-refractivity contribution >= 4 is 52.5 Å². The number of primary amides is 1. The quantitative estimate of drug-likeness (QED) is 0.0667. The van der Waals surface area contributed by atoms with Gasteiger partial charge in [0.15, 0.2) is 11.6 Å². The largest absolute Gasteiger partial charge is 0.481 e. The minimum absolute atomic E-state index is 0.0352. The van der Waals surface area contributed by atoms with E-state index in [9.17, 15) is 45.8 Å². The summed E-state index contributed by atoms with van der Waals surface area (Å²) in [6, 6.07) is 13.2. The summed E-state index contributed by atoms with van der Waals surface area (Å²) in [6.07, 6.45) is -1.25. The first-order chi connectivity index (χ1) is 31.0. The van der Waals surface area contributed by atoms with E-state index in [4.69, 9.17) is 26.8 Å². The second-order valence-corrected chi connectivity index (χ2v) is 14.5. The van der Waals surface area contributed by atoms with Crippen LogP contribution < -0.4 is 15.2 Å². The number of pyridine rings is 2. The van der Waals surface area contributed by atoms with E-state index in [1.165, 1.54) is 81.5 Å². The molecule has 0 bridgehead atoms. The maximum absolute atomic E-state index is 13.0. The van der Waals surface area contributed by atoms with Gasteiger partial charge in [0.2, 0.25) is 11.8 Å². The number of aliphatic carboxylic acids is 1. The number of amides is 1. The highest BCUT2D eigenvalue weighted by molar-refractivity contribution is 6.61. The van der Waals surface area contributed by atoms with Crippen LogP contribution in [-0.2, 0) is 26.7 Å². The van der Waals surface area contributed by atoms with Crippen LogP contribution in [-0.4, -0.2) is 82.7 Å².